The van der Waals surface area contributed by atoms with Crippen molar-refractivity contribution in [1.29, 1.82) is 0 Å². The van der Waals surface area contributed by atoms with Gasteiger partial charge in [0.05, 0.1) is 12.9 Å². The first-order valence-electron chi connectivity index (χ1n) is 11.9. The minimum absolute atomic E-state index is 0.0359. The molecule has 4 rings (SSSR count). The third-order valence-corrected chi connectivity index (χ3v) is 6.57. The molecule has 1 aromatic heterocycles. The number of carbonyl (C=O) groups is 1. The van der Waals surface area contributed by atoms with Crippen molar-refractivity contribution < 1.29 is 17.9 Å². The number of nitrogens with one attached hydrogen (secondary N) is 1. The second-order valence-corrected chi connectivity index (χ2v) is 10.6. The van der Waals surface area contributed by atoms with E-state index in [2.05, 4.69) is 57.3 Å². The molecule has 0 spiro atoms. The van der Waals surface area contributed by atoms with Crippen molar-refractivity contribution in [3.8, 4) is 16.9 Å². The average molecular weight is 510 g/mol. The zero-order valence-corrected chi connectivity index (χ0v) is 21.6. The van der Waals surface area contributed by atoms with E-state index < -0.39 is 15.9 Å². The Morgan fingerprint density at radius 2 is 1.81 bits per heavy atom. The largest absolute Gasteiger partial charge is 0.494 e. The van der Waals surface area contributed by atoms with Crippen LogP contribution in [0.3, 0.4) is 0 Å². The molecule has 190 valence electrons. The SMILES string of the molecule is CCOc1cccc(-c2ccc(CN3CCN(c4ccc(C(=O)NS(C)(=O)=O)nn4)CC3)cc2C)c1. The number of hydrogen-bond acceptors (Lipinski definition) is 8. The molecule has 0 atom stereocenters. The van der Waals surface area contributed by atoms with Crippen LogP contribution in [0.2, 0.25) is 0 Å². The van der Waals surface area contributed by atoms with E-state index in [1.165, 1.54) is 22.8 Å². The van der Waals surface area contributed by atoms with Gasteiger partial charge >= 0.3 is 0 Å². The van der Waals surface area contributed by atoms with Gasteiger partial charge in [-0.2, -0.15) is 0 Å². The van der Waals surface area contributed by atoms with Gasteiger partial charge in [-0.1, -0.05) is 30.3 Å². The standard InChI is InChI=1S/C26H31N5O4S/c1-4-35-22-7-5-6-21(17-22)23-9-8-20(16-19(23)2)18-30-12-14-31(15-13-30)25-11-10-24(27-28-25)26(32)29-36(3,33)34/h5-11,16-17H,4,12-15,18H2,1-3H3,(H,29,32). The molecule has 1 fully saturated rings. The molecule has 1 N–H and O–H groups in total. The number of ether oxygens (including phenoxy) is 1. The maximum Gasteiger partial charge on any atom is 0.285 e. The monoisotopic (exact) mass is 509 g/mol. The zero-order chi connectivity index (χ0) is 25.7. The van der Waals surface area contributed by atoms with Gasteiger partial charge in [-0.3, -0.25) is 9.69 Å². The van der Waals surface area contributed by atoms with Gasteiger partial charge in [-0.15, -0.1) is 10.2 Å². The van der Waals surface area contributed by atoms with Crippen molar-refractivity contribution in [3.05, 3.63) is 71.4 Å². The van der Waals surface area contributed by atoms with E-state index in [0.717, 1.165) is 50.3 Å². The molecule has 1 amide bonds. The molecule has 0 saturated carbocycles. The fourth-order valence-corrected chi connectivity index (χ4v) is 4.74. The van der Waals surface area contributed by atoms with Gasteiger partial charge in [0.1, 0.15) is 5.75 Å². The summed E-state index contributed by atoms with van der Waals surface area (Å²) in [6, 6.07) is 18.0. The highest BCUT2D eigenvalue weighted by molar-refractivity contribution is 7.89. The van der Waals surface area contributed by atoms with E-state index >= 15 is 0 Å². The van der Waals surface area contributed by atoms with Gasteiger partial charge in [0.15, 0.2) is 11.5 Å². The average Bonchev–Trinajstić information content (AvgIpc) is 2.84. The first-order valence-corrected chi connectivity index (χ1v) is 13.8. The molecule has 0 aliphatic carbocycles. The van der Waals surface area contributed by atoms with Crippen molar-refractivity contribution in [1.82, 2.24) is 19.8 Å². The van der Waals surface area contributed by atoms with E-state index in [0.29, 0.717) is 12.4 Å². The highest BCUT2D eigenvalue weighted by Gasteiger charge is 2.20. The number of hydrogen-bond donors (Lipinski definition) is 1. The summed E-state index contributed by atoms with van der Waals surface area (Å²) in [5.74, 6) is 0.762. The van der Waals surface area contributed by atoms with Gasteiger partial charge < -0.3 is 9.64 Å². The molecule has 9 nitrogen and oxygen atoms in total. The first kappa shape index (κ1) is 25.6. The molecular formula is C26H31N5O4S. The van der Waals surface area contributed by atoms with Crippen LogP contribution in [0.5, 0.6) is 5.75 Å². The molecule has 36 heavy (non-hydrogen) atoms. The number of aryl methyl sites for hydroxylation is 1. The van der Waals surface area contributed by atoms with Gasteiger partial charge in [0.2, 0.25) is 10.0 Å². The first-order chi connectivity index (χ1) is 17.2. The van der Waals surface area contributed by atoms with E-state index in [9.17, 15) is 13.2 Å². The van der Waals surface area contributed by atoms with Crippen molar-refractivity contribution in [2.24, 2.45) is 0 Å². The van der Waals surface area contributed by atoms with Crippen molar-refractivity contribution in [3.63, 3.8) is 0 Å². The van der Waals surface area contributed by atoms with E-state index in [1.807, 2.05) is 23.8 Å². The Balaban J connectivity index is 1.33. The molecular weight excluding hydrogens is 478 g/mol. The van der Waals surface area contributed by atoms with Crippen LogP contribution in [0.25, 0.3) is 11.1 Å². The summed E-state index contributed by atoms with van der Waals surface area (Å²) < 4.78 is 30.0. The number of amides is 1. The maximum atomic E-state index is 11.9. The predicted octanol–water partition coefficient (Wildman–Crippen LogP) is 2.86. The molecule has 1 aliphatic heterocycles. The van der Waals surface area contributed by atoms with Crippen LogP contribution in [-0.2, 0) is 16.6 Å². The summed E-state index contributed by atoms with van der Waals surface area (Å²) in [6.45, 7) is 8.95. The van der Waals surface area contributed by atoms with Crippen molar-refractivity contribution in [2.45, 2.75) is 20.4 Å². The zero-order valence-electron chi connectivity index (χ0n) is 20.8. The van der Waals surface area contributed by atoms with Crippen LogP contribution < -0.4 is 14.4 Å². The van der Waals surface area contributed by atoms with Gasteiger partial charge in [0, 0.05) is 32.7 Å². The highest BCUT2D eigenvalue weighted by atomic mass is 32.2. The van der Waals surface area contributed by atoms with Gasteiger partial charge in [-0.05, 0) is 60.4 Å². The predicted molar refractivity (Wildman–Crippen MR) is 140 cm³/mol. The molecule has 0 radical (unpaired) electrons. The maximum absolute atomic E-state index is 11.9. The molecule has 0 unspecified atom stereocenters. The molecule has 0 bridgehead atoms. The lowest BCUT2D eigenvalue weighted by Crippen LogP contribution is -2.46. The fraction of sp³-hybridized carbons (Fsp3) is 0.346. The molecule has 2 heterocycles. The van der Waals surface area contributed by atoms with Crippen LogP contribution in [-0.4, -0.2) is 68.5 Å². The Morgan fingerprint density at radius 3 is 2.44 bits per heavy atom. The van der Waals surface area contributed by atoms with Crippen LogP contribution in [0.4, 0.5) is 5.82 Å². The highest BCUT2D eigenvalue weighted by Crippen LogP contribution is 2.28. The van der Waals surface area contributed by atoms with Gasteiger partial charge in [0.25, 0.3) is 5.91 Å². The Bertz CT molecular complexity index is 1320. The van der Waals surface area contributed by atoms with E-state index in [4.69, 9.17) is 4.74 Å². The lowest BCUT2D eigenvalue weighted by molar-refractivity contribution is 0.0976. The number of rotatable bonds is 8. The number of aromatic nitrogens is 2. The molecule has 3 aromatic rings. The number of benzene rings is 2. The summed E-state index contributed by atoms with van der Waals surface area (Å²) >= 11 is 0. The summed E-state index contributed by atoms with van der Waals surface area (Å²) in [6.07, 6.45) is 0.920. The molecule has 2 aromatic carbocycles. The third kappa shape index (κ3) is 6.58. The summed E-state index contributed by atoms with van der Waals surface area (Å²) in [7, 11) is -3.65. The Labute approximate surface area is 212 Å². The lowest BCUT2D eigenvalue weighted by atomic mass is 9.98. The van der Waals surface area contributed by atoms with E-state index in [-0.39, 0.29) is 5.69 Å². The molecule has 1 saturated heterocycles. The van der Waals surface area contributed by atoms with Gasteiger partial charge in [-0.25, -0.2) is 13.1 Å². The minimum Gasteiger partial charge on any atom is -0.494 e. The summed E-state index contributed by atoms with van der Waals surface area (Å²) in [4.78, 5) is 16.4. The summed E-state index contributed by atoms with van der Waals surface area (Å²) in [5, 5.41) is 8.02. The molecule has 10 heteroatoms. The number of carbonyl (C=O) groups excluding carboxylic acids is 1. The topological polar surface area (TPSA) is 105 Å². The fourth-order valence-electron chi connectivity index (χ4n) is 4.30. The number of piperazine rings is 1. The third-order valence-electron chi connectivity index (χ3n) is 6.01. The van der Waals surface area contributed by atoms with Crippen LogP contribution in [0.15, 0.2) is 54.6 Å². The normalized spacial score (nSPS) is 14.5. The Hall–Kier alpha value is -3.50. The van der Waals surface area contributed by atoms with Crippen LogP contribution in [0, 0.1) is 6.92 Å². The summed E-state index contributed by atoms with van der Waals surface area (Å²) in [5.41, 5.74) is 4.82. The molecule has 1 aliphatic rings. The van der Waals surface area contributed by atoms with Crippen molar-refractivity contribution >= 4 is 21.7 Å². The van der Waals surface area contributed by atoms with Crippen molar-refractivity contribution in [2.75, 3.05) is 43.9 Å². The Kier molecular flexibility index (Phi) is 7.85. The lowest BCUT2D eigenvalue weighted by Gasteiger charge is -2.35. The number of sulfonamides is 1. The second-order valence-electron chi connectivity index (χ2n) is 8.85. The Morgan fingerprint density at radius 1 is 1.03 bits per heavy atom. The quantitative estimate of drug-likeness (QED) is 0.494. The second kappa shape index (κ2) is 11.0. The smallest absolute Gasteiger partial charge is 0.285 e. The number of nitrogens with zero attached hydrogens (tertiary/aromatic N) is 4. The van der Waals surface area contributed by atoms with Crippen LogP contribution in [0.1, 0.15) is 28.5 Å². The minimum atomic E-state index is -3.65. The van der Waals surface area contributed by atoms with E-state index in [1.54, 1.807) is 6.07 Å². The number of anilines is 1. The van der Waals surface area contributed by atoms with Crippen LogP contribution >= 0.6 is 0 Å².